The normalized spacial score (nSPS) is 12.9. The average molecular weight is 373 g/mol. The Morgan fingerprint density at radius 3 is 2.33 bits per heavy atom. The Kier molecular flexibility index (Phi) is 4.82. The molecule has 0 atom stereocenters. The summed E-state index contributed by atoms with van der Waals surface area (Å²) in [6.07, 6.45) is 1.74. The third-order valence-electron chi connectivity index (χ3n) is 1.47. The third-order valence-corrected chi connectivity index (χ3v) is 5.22. The molecule has 0 N–H and O–H groups in total. The summed E-state index contributed by atoms with van der Waals surface area (Å²) >= 11 is 7.51. The zero-order valence-electron chi connectivity index (χ0n) is 7.65. The van der Waals surface area contributed by atoms with Gasteiger partial charge in [-0.05, 0) is 46.5 Å². The van der Waals surface area contributed by atoms with Crippen molar-refractivity contribution in [3.8, 4) is 0 Å². The average Bonchev–Trinajstić information content (AvgIpc) is 2.17. The van der Waals surface area contributed by atoms with Gasteiger partial charge in [-0.25, -0.2) is 0 Å². The summed E-state index contributed by atoms with van der Waals surface area (Å²) in [5.41, 5.74) is 0. The number of rotatable bonds is 2. The molecular weight excluding hydrogens is 366 g/mol. The van der Waals surface area contributed by atoms with E-state index in [0.717, 1.165) is 4.47 Å². The van der Waals surface area contributed by atoms with Crippen molar-refractivity contribution in [2.45, 2.75) is 4.90 Å². The standard InChI is InChI=1S/C8H7Br2NO2S2/c1-14-8(10)11-15(12,13)7-4-2-6(9)3-5-7/h2-5H,1H3. The molecule has 1 aromatic carbocycles. The SMILES string of the molecule is CSC(Br)=NS(=O)(=O)c1ccc(Br)cc1. The maximum absolute atomic E-state index is 11.7. The van der Waals surface area contributed by atoms with Crippen LogP contribution in [0, 0.1) is 0 Å². The molecule has 0 spiro atoms. The number of nitrogens with zero attached hydrogens (tertiary/aromatic N) is 1. The Labute approximate surface area is 110 Å². The minimum Gasteiger partial charge on any atom is -0.199 e. The third kappa shape index (κ3) is 3.90. The van der Waals surface area contributed by atoms with Crippen molar-refractivity contribution in [2.75, 3.05) is 6.26 Å². The molecule has 0 bridgehead atoms. The lowest BCUT2D eigenvalue weighted by Gasteiger charge is -1.99. The molecular formula is C8H7Br2NO2S2. The summed E-state index contributed by atoms with van der Waals surface area (Å²) in [4.78, 5) is 0.178. The maximum atomic E-state index is 11.7. The summed E-state index contributed by atoms with van der Waals surface area (Å²) in [6, 6.07) is 6.33. The van der Waals surface area contributed by atoms with Crippen molar-refractivity contribution in [3.63, 3.8) is 0 Å². The zero-order chi connectivity index (χ0) is 11.5. The number of hydrogen-bond donors (Lipinski definition) is 0. The van der Waals surface area contributed by atoms with Crippen LogP contribution in [0.15, 0.2) is 38.0 Å². The van der Waals surface area contributed by atoms with Crippen LogP contribution >= 0.6 is 43.6 Å². The van der Waals surface area contributed by atoms with Crippen molar-refractivity contribution in [1.82, 2.24) is 0 Å². The van der Waals surface area contributed by atoms with Crippen molar-refractivity contribution < 1.29 is 8.42 Å². The van der Waals surface area contributed by atoms with Crippen LogP contribution < -0.4 is 0 Å². The molecule has 1 aromatic rings. The number of halogens is 2. The lowest BCUT2D eigenvalue weighted by Crippen LogP contribution is -1.98. The van der Waals surface area contributed by atoms with Gasteiger partial charge in [0.15, 0.2) is 3.95 Å². The topological polar surface area (TPSA) is 46.5 Å². The molecule has 0 saturated carbocycles. The minimum absolute atomic E-state index is 0.178. The highest BCUT2D eigenvalue weighted by Crippen LogP contribution is 2.18. The molecule has 0 amide bonds. The van der Waals surface area contributed by atoms with Gasteiger partial charge in [0.1, 0.15) is 0 Å². The van der Waals surface area contributed by atoms with Gasteiger partial charge in [-0.1, -0.05) is 15.9 Å². The lowest BCUT2D eigenvalue weighted by molar-refractivity contribution is 0.598. The van der Waals surface area contributed by atoms with Crippen LogP contribution in [0.5, 0.6) is 0 Å². The Morgan fingerprint density at radius 2 is 1.87 bits per heavy atom. The molecule has 0 saturated heterocycles. The van der Waals surface area contributed by atoms with Crippen LogP contribution in [0.1, 0.15) is 0 Å². The summed E-state index contributed by atoms with van der Waals surface area (Å²) in [7, 11) is -3.59. The van der Waals surface area contributed by atoms with E-state index in [0.29, 0.717) is 3.95 Å². The van der Waals surface area contributed by atoms with Crippen molar-refractivity contribution in [3.05, 3.63) is 28.7 Å². The minimum atomic E-state index is -3.59. The second kappa shape index (κ2) is 5.47. The molecule has 7 heteroatoms. The lowest BCUT2D eigenvalue weighted by atomic mass is 10.4. The molecule has 0 fully saturated rings. The van der Waals surface area contributed by atoms with Crippen LogP contribution in [0.3, 0.4) is 0 Å². The van der Waals surface area contributed by atoms with Gasteiger partial charge < -0.3 is 0 Å². The fourth-order valence-corrected chi connectivity index (χ4v) is 2.99. The van der Waals surface area contributed by atoms with E-state index in [4.69, 9.17) is 0 Å². The molecule has 0 aliphatic heterocycles. The number of hydrogen-bond acceptors (Lipinski definition) is 3. The van der Waals surface area contributed by atoms with Gasteiger partial charge in [-0.15, -0.1) is 16.2 Å². The van der Waals surface area contributed by atoms with E-state index in [1.54, 1.807) is 18.4 Å². The molecule has 15 heavy (non-hydrogen) atoms. The van der Waals surface area contributed by atoms with Crippen LogP contribution in [0.4, 0.5) is 0 Å². The van der Waals surface area contributed by atoms with E-state index < -0.39 is 10.0 Å². The van der Waals surface area contributed by atoms with E-state index in [2.05, 4.69) is 36.3 Å². The predicted molar refractivity (Wildman–Crippen MR) is 71.2 cm³/mol. The van der Waals surface area contributed by atoms with Crippen molar-refractivity contribution in [2.24, 2.45) is 4.40 Å². The smallest absolute Gasteiger partial charge is 0.199 e. The molecule has 0 heterocycles. The van der Waals surface area contributed by atoms with Gasteiger partial charge in [0.2, 0.25) is 0 Å². The fourth-order valence-electron chi connectivity index (χ4n) is 0.791. The monoisotopic (exact) mass is 371 g/mol. The van der Waals surface area contributed by atoms with E-state index in [1.165, 1.54) is 23.9 Å². The summed E-state index contributed by atoms with van der Waals surface area (Å²) in [6.45, 7) is 0. The van der Waals surface area contributed by atoms with E-state index >= 15 is 0 Å². The first kappa shape index (κ1) is 13.2. The first-order valence-electron chi connectivity index (χ1n) is 3.76. The molecule has 0 aliphatic rings. The quantitative estimate of drug-likeness (QED) is 0.591. The van der Waals surface area contributed by atoms with Gasteiger partial charge >= 0.3 is 0 Å². The second-order valence-electron chi connectivity index (χ2n) is 2.48. The fraction of sp³-hybridized carbons (Fsp3) is 0.125. The van der Waals surface area contributed by atoms with Crippen molar-refractivity contribution >= 4 is 57.6 Å². The Hall–Kier alpha value is 0.150. The number of benzene rings is 1. The van der Waals surface area contributed by atoms with Crippen LogP contribution in [-0.4, -0.2) is 18.6 Å². The maximum Gasteiger partial charge on any atom is 0.283 e. The first-order valence-corrected chi connectivity index (χ1v) is 8.01. The van der Waals surface area contributed by atoms with Crippen LogP contribution in [-0.2, 0) is 10.0 Å². The van der Waals surface area contributed by atoms with Gasteiger partial charge in [-0.3, -0.25) is 0 Å². The molecule has 3 nitrogen and oxygen atoms in total. The Balaban J connectivity index is 3.13. The molecule has 0 aliphatic carbocycles. The summed E-state index contributed by atoms with van der Waals surface area (Å²) in [5.74, 6) is 0. The van der Waals surface area contributed by atoms with Gasteiger partial charge in [0.05, 0.1) is 4.90 Å². The van der Waals surface area contributed by atoms with Gasteiger partial charge in [-0.2, -0.15) is 8.42 Å². The van der Waals surface area contributed by atoms with Crippen molar-refractivity contribution in [1.29, 1.82) is 0 Å². The largest absolute Gasteiger partial charge is 0.283 e. The number of thioether (sulfide) groups is 1. The predicted octanol–water partition coefficient (Wildman–Crippen LogP) is 3.25. The first-order chi connectivity index (χ1) is 6.95. The highest BCUT2D eigenvalue weighted by Gasteiger charge is 2.12. The molecule has 1 rings (SSSR count). The molecule has 0 unspecified atom stereocenters. The van der Waals surface area contributed by atoms with Gasteiger partial charge in [0.25, 0.3) is 10.0 Å². The molecule has 0 aromatic heterocycles. The highest BCUT2D eigenvalue weighted by molar-refractivity contribution is 9.22. The Morgan fingerprint density at radius 1 is 1.33 bits per heavy atom. The van der Waals surface area contributed by atoms with Gasteiger partial charge in [0, 0.05) is 4.47 Å². The van der Waals surface area contributed by atoms with E-state index in [9.17, 15) is 8.42 Å². The Bertz CT molecular complexity index is 468. The van der Waals surface area contributed by atoms with Crippen LogP contribution in [0.25, 0.3) is 0 Å². The summed E-state index contributed by atoms with van der Waals surface area (Å²) < 4.78 is 28.1. The van der Waals surface area contributed by atoms with E-state index in [1.807, 2.05) is 0 Å². The summed E-state index contributed by atoms with van der Waals surface area (Å²) in [5, 5.41) is 0. The highest BCUT2D eigenvalue weighted by atomic mass is 79.9. The second-order valence-corrected chi connectivity index (χ2v) is 7.07. The zero-order valence-corrected chi connectivity index (χ0v) is 12.5. The molecule has 82 valence electrons. The molecule has 0 radical (unpaired) electrons. The van der Waals surface area contributed by atoms with Crippen LogP contribution in [0.2, 0.25) is 0 Å². The van der Waals surface area contributed by atoms with E-state index in [-0.39, 0.29) is 4.90 Å². The number of sulfonamides is 1.